The van der Waals surface area contributed by atoms with Crippen molar-refractivity contribution in [1.29, 1.82) is 0 Å². The van der Waals surface area contributed by atoms with Crippen molar-refractivity contribution < 1.29 is 18.0 Å². The number of carbonyl (C=O) groups is 1. The van der Waals surface area contributed by atoms with Gasteiger partial charge in [0.2, 0.25) is 0 Å². The first-order valence-electron chi connectivity index (χ1n) is 8.23. The molecule has 4 nitrogen and oxygen atoms in total. The maximum atomic E-state index is 12.9. The quantitative estimate of drug-likeness (QED) is 0.884. The summed E-state index contributed by atoms with van der Waals surface area (Å²) in [7, 11) is 0. The van der Waals surface area contributed by atoms with E-state index in [9.17, 15) is 18.0 Å². The summed E-state index contributed by atoms with van der Waals surface area (Å²) in [5.41, 5.74) is 7.42. The second-order valence-corrected chi connectivity index (χ2v) is 5.35. The highest BCUT2D eigenvalue weighted by atomic mass is 19.4. The zero-order valence-corrected chi connectivity index (χ0v) is 14.5. The van der Waals surface area contributed by atoms with Crippen LogP contribution in [0.15, 0.2) is 59.6 Å². The number of fused-ring (bicyclic) bond motifs is 1. The zero-order chi connectivity index (χ0) is 19.3. The summed E-state index contributed by atoms with van der Waals surface area (Å²) in [5, 5.41) is 0. The van der Waals surface area contributed by atoms with Gasteiger partial charge in [-0.15, -0.1) is 0 Å². The summed E-state index contributed by atoms with van der Waals surface area (Å²) >= 11 is 0. The Bertz CT molecular complexity index is 788. The minimum Gasteiger partial charge on any atom is -0.302 e. The van der Waals surface area contributed by atoms with Gasteiger partial charge in [0.25, 0.3) is 5.91 Å². The van der Waals surface area contributed by atoms with Gasteiger partial charge < -0.3 is 5.73 Å². The van der Waals surface area contributed by atoms with Crippen molar-refractivity contribution in [2.24, 2.45) is 10.7 Å². The Hall–Kier alpha value is -2.67. The molecule has 3 rings (SSSR count). The highest BCUT2D eigenvalue weighted by Crippen LogP contribution is 2.30. The van der Waals surface area contributed by atoms with Gasteiger partial charge in [-0.25, -0.2) is 0 Å². The number of anilines is 1. The molecule has 0 saturated carbocycles. The fraction of sp³-hybridized carbons (Fsp3) is 0.263. The standard InChI is InChI=1S/C17H14F3N3O.C2H6/c18-17(19,20)10-23-13-9-5-4-8-12(13)14(22-15(21)16(23)24)11-6-2-1-3-7-11;1-2/h1-9,15H,10,21H2;1-2H3/t15-;/m0./s1. The van der Waals surface area contributed by atoms with Crippen molar-refractivity contribution in [2.75, 3.05) is 11.4 Å². The summed E-state index contributed by atoms with van der Waals surface area (Å²) < 4.78 is 38.7. The number of nitrogens with zero attached hydrogens (tertiary/aromatic N) is 2. The number of benzodiazepines with no additional fused rings is 1. The van der Waals surface area contributed by atoms with Crippen LogP contribution in [-0.4, -0.2) is 30.5 Å². The molecule has 0 fully saturated rings. The Kier molecular flexibility index (Phi) is 6.15. The highest BCUT2D eigenvalue weighted by Gasteiger charge is 2.38. The molecule has 1 heterocycles. The Balaban J connectivity index is 0.00000117. The number of alkyl halides is 3. The van der Waals surface area contributed by atoms with Gasteiger partial charge in [0.05, 0.1) is 11.4 Å². The van der Waals surface area contributed by atoms with Crippen molar-refractivity contribution in [3.05, 3.63) is 65.7 Å². The predicted molar refractivity (Wildman–Crippen MR) is 96.3 cm³/mol. The van der Waals surface area contributed by atoms with Crippen molar-refractivity contribution >= 4 is 17.3 Å². The molecule has 2 aromatic rings. The first-order valence-corrected chi connectivity index (χ1v) is 8.23. The van der Waals surface area contributed by atoms with Crippen LogP contribution in [-0.2, 0) is 4.79 Å². The Morgan fingerprint density at radius 1 is 1.04 bits per heavy atom. The number of benzene rings is 2. The number of amides is 1. The third-order valence-corrected chi connectivity index (χ3v) is 3.62. The number of nitrogens with two attached hydrogens (primary N) is 1. The van der Waals surface area contributed by atoms with E-state index < -0.39 is 24.8 Å². The molecule has 0 spiro atoms. The smallest absolute Gasteiger partial charge is 0.302 e. The van der Waals surface area contributed by atoms with Crippen LogP contribution in [0.3, 0.4) is 0 Å². The minimum absolute atomic E-state index is 0.148. The maximum absolute atomic E-state index is 12.9. The van der Waals surface area contributed by atoms with Gasteiger partial charge in [0.1, 0.15) is 6.54 Å². The first-order chi connectivity index (χ1) is 12.4. The molecular weight excluding hydrogens is 343 g/mol. The van der Waals surface area contributed by atoms with Crippen LogP contribution < -0.4 is 10.6 Å². The lowest BCUT2D eigenvalue weighted by Gasteiger charge is -2.25. The lowest BCUT2D eigenvalue weighted by Crippen LogP contribution is -2.46. The Morgan fingerprint density at radius 3 is 2.23 bits per heavy atom. The second-order valence-electron chi connectivity index (χ2n) is 5.35. The molecule has 26 heavy (non-hydrogen) atoms. The third-order valence-electron chi connectivity index (χ3n) is 3.62. The first kappa shape index (κ1) is 19.7. The molecular formula is C19H20F3N3O. The van der Waals surface area contributed by atoms with Gasteiger partial charge in [-0.05, 0) is 6.07 Å². The van der Waals surface area contributed by atoms with Gasteiger partial charge >= 0.3 is 6.18 Å². The van der Waals surface area contributed by atoms with Crippen molar-refractivity contribution in [2.45, 2.75) is 26.2 Å². The van der Waals surface area contributed by atoms with E-state index >= 15 is 0 Å². The van der Waals surface area contributed by atoms with E-state index in [4.69, 9.17) is 5.73 Å². The van der Waals surface area contributed by atoms with Gasteiger partial charge in [0.15, 0.2) is 6.17 Å². The molecule has 0 bridgehead atoms. The number of carbonyl (C=O) groups excluding carboxylic acids is 1. The average Bonchev–Trinajstić information content (AvgIpc) is 2.74. The summed E-state index contributed by atoms with van der Waals surface area (Å²) in [6, 6.07) is 15.3. The zero-order valence-electron chi connectivity index (χ0n) is 14.5. The number of halogens is 3. The summed E-state index contributed by atoms with van der Waals surface area (Å²) in [5.74, 6) is -0.884. The molecule has 0 aliphatic carbocycles. The number of para-hydroxylation sites is 1. The van der Waals surface area contributed by atoms with Gasteiger partial charge in [-0.3, -0.25) is 14.7 Å². The molecule has 7 heteroatoms. The van der Waals surface area contributed by atoms with E-state index in [2.05, 4.69) is 4.99 Å². The monoisotopic (exact) mass is 363 g/mol. The molecule has 1 aliphatic heterocycles. The number of rotatable bonds is 2. The van der Waals surface area contributed by atoms with Crippen LogP contribution >= 0.6 is 0 Å². The van der Waals surface area contributed by atoms with E-state index in [1.165, 1.54) is 6.07 Å². The lowest BCUT2D eigenvalue weighted by molar-refractivity contribution is -0.133. The lowest BCUT2D eigenvalue weighted by atomic mass is 10.0. The molecule has 1 aliphatic rings. The molecule has 1 atom stereocenters. The molecule has 2 aromatic carbocycles. The van der Waals surface area contributed by atoms with Crippen molar-refractivity contribution in [1.82, 2.24) is 0 Å². The van der Waals surface area contributed by atoms with E-state index in [0.717, 1.165) is 0 Å². The van der Waals surface area contributed by atoms with Crippen LogP contribution in [0.1, 0.15) is 25.0 Å². The summed E-state index contributed by atoms with van der Waals surface area (Å²) in [4.78, 5) is 17.2. The third kappa shape index (κ3) is 4.29. The van der Waals surface area contributed by atoms with E-state index in [-0.39, 0.29) is 5.69 Å². The van der Waals surface area contributed by atoms with Crippen molar-refractivity contribution in [3.63, 3.8) is 0 Å². The predicted octanol–water partition coefficient (Wildman–Crippen LogP) is 3.74. The normalized spacial score (nSPS) is 16.8. The Morgan fingerprint density at radius 2 is 1.62 bits per heavy atom. The average molecular weight is 363 g/mol. The molecule has 2 N–H and O–H groups in total. The molecule has 0 radical (unpaired) electrons. The number of hydrogen-bond acceptors (Lipinski definition) is 3. The molecule has 0 unspecified atom stereocenters. The van der Waals surface area contributed by atoms with Crippen LogP contribution in [0.4, 0.5) is 18.9 Å². The molecule has 138 valence electrons. The maximum Gasteiger partial charge on any atom is 0.406 e. The molecule has 0 saturated heterocycles. The topological polar surface area (TPSA) is 58.7 Å². The number of aliphatic imine (C=N–C) groups is 1. The minimum atomic E-state index is -4.54. The van der Waals surface area contributed by atoms with Gasteiger partial charge in [-0.2, -0.15) is 13.2 Å². The highest BCUT2D eigenvalue weighted by molar-refractivity contribution is 6.20. The van der Waals surface area contributed by atoms with E-state index in [1.54, 1.807) is 42.5 Å². The second kappa shape index (κ2) is 8.14. The van der Waals surface area contributed by atoms with Crippen LogP contribution in [0.25, 0.3) is 0 Å². The summed E-state index contributed by atoms with van der Waals surface area (Å²) in [6.45, 7) is 2.59. The van der Waals surface area contributed by atoms with Crippen molar-refractivity contribution in [3.8, 4) is 0 Å². The largest absolute Gasteiger partial charge is 0.406 e. The van der Waals surface area contributed by atoms with Crippen LogP contribution in [0.2, 0.25) is 0 Å². The Labute approximate surface area is 150 Å². The summed E-state index contributed by atoms with van der Waals surface area (Å²) in [6.07, 6.45) is -5.94. The fourth-order valence-electron chi connectivity index (χ4n) is 2.62. The van der Waals surface area contributed by atoms with Crippen LogP contribution in [0, 0.1) is 0 Å². The van der Waals surface area contributed by atoms with E-state index in [1.807, 2.05) is 19.9 Å². The van der Waals surface area contributed by atoms with E-state index in [0.29, 0.717) is 21.7 Å². The van der Waals surface area contributed by atoms with Crippen LogP contribution in [0.5, 0.6) is 0 Å². The molecule has 1 amide bonds. The molecule has 0 aromatic heterocycles. The fourth-order valence-corrected chi connectivity index (χ4v) is 2.62. The SMILES string of the molecule is CC.N[C@H]1N=C(c2ccccc2)c2ccccc2N(CC(F)(F)F)C1=O. The number of hydrogen-bond donors (Lipinski definition) is 1. The van der Waals surface area contributed by atoms with Gasteiger partial charge in [-0.1, -0.05) is 62.4 Å². The van der Waals surface area contributed by atoms with Gasteiger partial charge in [0, 0.05) is 11.1 Å².